The van der Waals surface area contributed by atoms with Crippen molar-refractivity contribution in [2.45, 2.75) is 37.5 Å². The van der Waals surface area contributed by atoms with Crippen LogP contribution in [-0.4, -0.2) is 28.2 Å². The van der Waals surface area contributed by atoms with E-state index in [1.807, 2.05) is 26.0 Å². The normalized spacial score (nSPS) is 12.0. The maximum Gasteiger partial charge on any atom is 0.325 e. The second-order valence-electron chi connectivity index (χ2n) is 5.12. The van der Waals surface area contributed by atoms with Gasteiger partial charge in [0.25, 0.3) is 5.91 Å². The number of carbonyl (C=O) groups is 2. The number of rotatable bonds is 6. The zero-order chi connectivity index (χ0) is 17.0. The lowest BCUT2D eigenvalue weighted by Gasteiger charge is -2.12. The third kappa shape index (κ3) is 4.13. The molecule has 0 bridgehead atoms. The second-order valence-corrected chi connectivity index (χ2v) is 6.14. The van der Waals surface area contributed by atoms with Gasteiger partial charge in [-0.2, -0.15) is 0 Å². The number of aryl methyl sites for hydroxylation is 2. The fraction of sp³-hybridized carbons (Fsp3) is 0.312. The van der Waals surface area contributed by atoms with E-state index in [2.05, 4.69) is 10.5 Å². The Morgan fingerprint density at radius 3 is 2.65 bits per heavy atom. The van der Waals surface area contributed by atoms with Crippen LogP contribution in [0.3, 0.4) is 0 Å². The predicted molar refractivity (Wildman–Crippen MR) is 86.5 cm³/mol. The molecule has 0 saturated heterocycles. The van der Waals surface area contributed by atoms with Crippen LogP contribution in [0.4, 0.5) is 0 Å². The molecule has 1 heterocycles. The molecule has 122 valence electrons. The van der Waals surface area contributed by atoms with Crippen LogP contribution in [0.1, 0.15) is 34.3 Å². The van der Waals surface area contributed by atoms with Crippen LogP contribution < -0.4 is 5.32 Å². The van der Waals surface area contributed by atoms with Gasteiger partial charge in [0.15, 0.2) is 0 Å². The molecular formula is C16H18N2O4S. The van der Waals surface area contributed by atoms with Crippen molar-refractivity contribution < 1.29 is 19.2 Å². The summed E-state index contributed by atoms with van der Waals surface area (Å²) in [5, 5.41) is 15.3. The van der Waals surface area contributed by atoms with E-state index >= 15 is 0 Å². The Morgan fingerprint density at radius 2 is 2.04 bits per heavy atom. The van der Waals surface area contributed by atoms with Crippen molar-refractivity contribution in [2.24, 2.45) is 0 Å². The molecule has 2 aromatic rings. The Balaban J connectivity index is 2.14. The van der Waals surface area contributed by atoms with E-state index < -0.39 is 17.9 Å². The minimum absolute atomic E-state index is 0.401. The van der Waals surface area contributed by atoms with Gasteiger partial charge in [0.1, 0.15) is 11.8 Å². The quantitative estimate of drug-likeness (QED) is 0.789. The summed E-state index contributed by atoms with van der Waals surface area (Å²) in [5.41, 5.74) is 2.29. The monoisotopic (exact) mass is 334 g/mol. The molecular weight excluding hydrogens is 316 g/mol. The number of aliphatic carboxylic acids is 1. The standard InChI is InChI=1S/C16H18N2O4S/c1-9-13(11(3)22-18-9)8-23-14-7-5-4-6-12(14)15(19)17-10(2)16(20)21/h4-7,10H,8H2,1-3H3,(H,17,19)(H,20,21). The molecule has 0 spiro atoms. The third-order valence-electron chi connectivity index (χ3n) is 3.40. The molecule has 6 nitrogen and oxygen atoms in total. The highest BCUT2D eigenvalue weighted by atomic mass is 32.2. The smallest absolute Gasteiger partial charge is 0.325 e. The van der Waals surface area contributed by atoms with Crippen LogP contribution in [-0.2, 0) is 10.5 Å². The Kier molecular flexibility index (Phi) is 5.44. The van der Waals surface area contributed by atoms with Gasteiger partial charge in [-0.1, -0.05) is 17.3 Å². The number of benzene rings is 1. The molecule has 0 fully saturated rings. The van der Waals surface area contributed by atoms with Gasteiger partial charge in [0.05, 0.1) is 11.3 Å². The van der Waals surface area contributed by atoms with Crippen LogP contribution in [0, 0.1) is 13.8 Å². The number of amides is 1. The van der Waals surface area contributed by atoms with E-state index in [-0.39, 0.29) is 0 Å². The minimum Gasteiger partial charge on any atom is -0.480 e. The lowest BCUT2D eigenvalue weighted by atomic mass is 10.2. The van der Waals surface area contributed by atoms with Crippen LogP contribution >= 0.6 is 11.8 Å². The topological polar surface area (TPSA) is 92.4 Å². The Labute approximate surface area is 138 Å². The molecule has 0 aliphatic carbocycles. The van der Waals surface area contributed by atoms with Crippen LogP contribution in [0.15, 0.2) is 33.7 Å². The molecule has 0 aliphatic heterocycles. The summed E-state index contributed by atoms with van der Waals surface area (Å²) in [6.45, 7) is 5.16. The van der Waals surface area contributed by atoms with Gasteiger partial charge in [-0.15, -0.1) is 11.8 Å². The van der Waals surface area contributed by atoms with Gasteiger partial charge in [-0.3, -0.25) is 9.59 Å². The lowest BCUT2D eigenvalue weighted by molar-refractivity contribution is -0.138. The van der Waals surface area contributed by atoms with Gasteiger partial charge in [-0.05, 0) is 32.9 Å². The number of carbonyl (C=O) groups excluding carboxylic acids is 1. The van der Waals surface area contributed by atoms with Crippen molar-refractivity contribution in [1.82, 2.24) is 10.5 Å². The summed E-state index contributed by atoms with van der Waals surface area (Å²) in [4.78, 5) is 23.9. The second kappa shape index (κ2) is 7.32. The first-order valence-electron chi connectivity index (χ1n) is 7.07. The molecule has 0 saturated carbocycles. The Bertz CT molecular complexity index is 707. The number of nitrogens with zero attached hydrogens (tertiary/aromatic N) is 1. The molecule has 1 atom stereocenters. The number of thioether (sulfide) groups is 1. The number of aromatic nitrogens is 1. The predicted octanol–water partition coefficient (Wildman–Crippen LogP) is 2.79. The van der Waals surface area contributed by atoms with Crippen molar-refractivity contribution in [3.05, 3.63) is 46.8 Å². The first kappa shape index (κ1) is 17.1. The van der Waals surface area contributed by atoms with E-state index in [9.17, 15) is 9.59 Å². The Hall–Kier alpha value is -2.28. The maximum atomic E-state index is 12.3. The molecule has 0 aliphatic rings. The maximum absolute atomic E-state index is 12.3. The number of carboxylic acid groups (broad SMARTS) is 1. The summed E-state index contributed by atoms with van der Waals surface area (Å²) < 4.78 is 5.13. The first-order chi connectivity index (χ1) is 10.9. The van der Waals surface area contributed by atoms with Crippen molar-refractivity contribution in [2.75, 3.05) is 0 Å². The number of nitrogens with one attached hydrogen (secondary N) is 1. The van der Waals surface area contributed by atoms with Gasteiger partial charge in [0.2, 0.25) is 0 Å². The molecule has 1 aromatic carbocycles. The average Bonchev–Trinajstić information content (AvgIpc) is 2.84. The van der Waals surface area contributed by atoms with Crippen molar-refractivity contribution in [1.29, 1.82) is 0 Å². The molecule has 1 aromatic heterocycles. The molecule has 1 unspecified atom stereocenters. The SMILES string of the molecule is Cc1noc(C)c1CSc1ccccc1C(=O)NC(C)C(=O)O. The van der Waals surface area contributed by atoms with Crippen molar-refractivity contribution in [3.8, 4) is 0 Å². The fourth-order valence-corrected chi connectivity index (χ4v) is 3.18. The van der Waals surface area contributed by atoms with Gasteiger partial charge >= 0.3 is 5.97 Å². The van der Waals surface area contributed by atoms with Crippen molar-refractivity contribution >= 4 is 23.6 Å². The van der Waals surface area contributed by atoms with E-state index in [1.54, 1.807) is 12.1 Å². The summed E-state index contributed by atoms with van der Waals surface area (Å²) in [7, 11) is 0. The van der Waals surface area contributed by atoms with Crippen LogP contribution in [0.5, 0.6) is 0 Å². The average molecular weight is 334 g/mol. The molecule has 0 radical (unpaired) electrons. The third-order valence-corrected chi connectivity index (χ3v) is 4.50. The van der Waals surface area contributed by atoms with E-state index in [4.69, 9.17) is 9.63 Å². The van der Waals surface area contributed by atoms with Gasteiger partial charge in [-0.25, -0.2) is 0 Å². The van der Waals surface area contributed by atoms with Crippen LogP contribution in [0.2, 0.25) is 0 Å². The number of hydrogen-bond donors (Lipinski definition) is 2. The highest BCUT2D eigenvalue weighted by Crippen LogP contribution is 2.28. The van der Waals surface area contributed by atoms with Gasteiger partial charge < -0.3 is 14.9 Å². The largest absolute Gasteiger partial charge is 0.480 e. The summed E-state index contributed by atoms with van der Waals surface area (Å²) in [5.74, 6) is -0.0858. The van der Waals surface area contributed by atoms with E-state index in [0.29, 0.717) is 11.3 Å². The van der Waals surface area contributed by atoms with Crippen LogP contribution in [0.25, 0.3) is 0 Å². The summed E-state index contributed by atoms with van der Waals surface area (Å²) in [6, 6.07) is 6.17. The first-order valence-corrected chi connectivity index (χ1v) is 8.06. The number of carboxylic acids is 1. The Morgan fingerprint density at radius 1 is 1.35 bits per heavy atom. The molecule has 1 amide bonds. The van der Waals surface area contributed by atoms with E-state index in [1.165, 1.54) is 18.7 Å². The van der Waals surface area contributed by atoms with Crippen molar-refractivity contribution in [3.63, 3.8) is 0 Å². The van der Waals surface area contributed by atoms with E-state index in [0.717, 1.165) is 21.9 Å². The highest BCUT2D eigenvalue weighted by molar-refractivity contribution is 7.98. The fourth-order valence-electron chi connectivity index (χ4n) is 1.97. The van der Waals surface area contributed by atoms with Gasteiger partial charge in [0, 0.05) is 16.2 Å². The molecule has 2 N–H and O–H groups in total. The minimum atomic E-state index is -1.07. The summed E-state index contributed by atoms with van der Waals surface area (Å²) in [6.07, 6.45) is 0. The lowest BCUT2D eigenvalue weighted by Crippen LogP contribution is -2.38. The highest BCUT2D eigenvalue weighted by Gasteiger charge is 2.18. The molecule has 2 rings (SSSR count). The summed E-state index contributed by atoms with van der Waals surface area (Å²) >= 11 is 1.49. The molecule has 7 heteroatoms. The molecule has 23 heavy (non-hydrogen) atoms. The number of hydrogen-bond acceptors (Lipinski definition) is 5. The zero-order valence-corrected chi connectivity index (χ0v) is 13.9. The zero-order valence-electron chi connectivity index (χ0n) is 13.1.